The van der Waals surface area contributed by atoms with Gasteiger partial charge in [-0.2, -0.15) is 0 Å². The maximum atomic E-state index is 3.36. The summed E-state index contributed by atoms with van der Waals surface area (Å²) in [6.45, 7) is 12.2. The van der Waals surface area contributed by atoms with Gasteiger partial charge in [-0.25, -0.2) is 9.13 Å². The fraction of sp³-hybridized carbons (Fsp3) is 0.129. The zero-order valence-corrected chi connectivity index (χ0v) is 22.0. The van der Waals surface area contributed by atoms with Gasteiger partial charge >= 0.3 is 0 Å². The Morgan fingerprint density at radius 1 is 0.629 bits per heavy atom. The van der Waals surface area contributed by atoms with E-state index in [0.717, 1.165) is 13.1 Å². The van der Waals surface area contributed by atoms with Gasteiger partial charge in [0.2, 0.25) is 0 Å². The average molecular weight is 506 g/mol. The first-order chi connectivity index (χ1) is 16.2. The lowest BCUT2D eigenvalue weighted by atomic mass is 10.1. The zero-order chi connectivity index (χ0) is 23.7. The van der Waals surface area contributed by atoms with Crippen LogP contribution in [0.3, 0.4) is 0 Å². The highest BCUT2D eigenvalue weighted by Crippen LogP contribution is 2.15. The Morgan fingerprint density at radius 3 is 1.17 bits per heavy atom. The Hall–Kier alpha value is -3.42. The number of aromatic nitrogens is 2. The van der Waals surface area contributed by atoms with Crippen molar-refractivity contribution in [3.05, 3.63) is 152 Å². The molecule has 0 aliphatic heterocycles. The SMILES string of the molecule is C=C=CC.C=CC.[Cl-].[Cl-].c1ccc(C[n+]2ccc(-c3cc[n+](Cc4ccccc4)cc3)cc2)cc1. The molecule has 0 unspecified atom stereocenters. The van der Waals surface area contributed by atoms with E-state index in [1.807, 2.05) is 13.8 Å². The van der Waals surface area contributed by atoms with Crippen molar-refractivity contribution in [2.45, 2.75) is 26.9 Å². The molecule has 0 saturated carbocycles. The number of hydrogen-bond acceptors (Lipinski definition) is 0. The molecule has 0 aliphatic rings. The minimum absolute atomic E-state index is 0. The van der Waals surface area contributed by atoms with Crippen molar-refractivity contribution in [1.29, 1.82) is 0 Å². The molecule has 0 amide bonds. The molecule has 0 atom stereocenters. The van der Waals surface area contributed by atoms with Gasteiger partial charge in [0.05, 0.1) is 0 Å². The molecule has 0 fully saturated rings. The second-order valence-corrected chi connectivity index (χ2v) is 7.39. The van der Waals surface area contributed by atoms with Gasteiger partial charge in [-0.3, -0.25) is 0 Å². The topological polar surface area (TPSA) is 7.76 Å². The van der Waals surface area contributed by atoms with Crippen LogP contribution >= 0.6 is 0 Å². The monoisotopic (exact) mass is 504 g/mol. The van der Waals surface area contributed by atoms with Gasteiger partial charge in [-0.15, -0.1) is 12.3 Å². The quantitative estimate of drug-likeness (QED) is 0.213. The van der Waals surface area contributed by atoms with Crippen LogP contribution in [0.2, 0.25) is 0 Å². The number of allylic oxidation sites excluding steroid dienone is 2. The van der Waals surface area contributed by atoms with E-state index < -0.39 is 0 Å². The maximum Gasteiger partial charge on any atom is 0.173 e. The summed E-state index contributed by atoms with van der Waals surface area (Å²) in [4.78, 5) is 0. The zero-order valence-electron chi connectivity index (χ0n) is 20.5. The van der Waals surface area contributed by atoms with Gasteiger partial charge < -0.3 is 24.8 Å². The third-order valence-corrected chi connectivity index (χ3v) is 4.74. The minimum atomic E-state index is 0. The number of benzene rings is 2. The third-order valence-electron chi connectivity index (χ3n) is 4.74. The largest absolute Gasteiger partial charge is 1.00 e. The Bertz CT molecular complexity index is 1040. The molecule has 0 saturated heterocycles. The first-order valence-electron chi connectivity index (χ1n) is 11.1. The standard InChI is InChI=1S/C24H22N2.C4H6.C3H6.2ClH/c1-3-7-21(8-4-1)19-25-15-11-23(12-16-25)24-13-17-26(18-14-24)20-22-9-5-2-6-10-22;1-3-4-2;1-3-2;;/h1-18H,19-20H2;4H,1H2,2H3;3H,1H2,2H3;2*1H/q+2;;;;/p-2. The van der Waals surface area contributed by atoms with Gasteiger partial charge in [0, 0.05) is 35.4 Å². The molecule has 0 N–H and O–H groups in total. The molecule has 0 spiro atoms. The van der Waals surface area contributed by atoms with E-state index in [9.17, 15) is 0 Å². The van der Waals surface area contributed by atoms with Crippen LogP contribution in [-0.2, 0) is 13.1 Å². The Balaban J connectivity index is 0.00000115. The molecule has 35 heavy (non-hydrogen) atoms. The van der Waals surface area contributed by atoms with Crippen LogP contribution in [0, 0.1) is 0 Å². The summed E-state index contributed by atoms with van der Waals surface area (Å²) in [5, 5.41) is 0. The summed E-state index contributed by atoms with van der Waals surface area (Å²) in [5.74, 6) is 0. The number of rotatable bonds is 5. The van der Waals surface area contributed by atoms with E-state index >= 15 is 0 Å². The lowest BCUT2D eigenvalue weighted by Crippen LogP contribution is -3.00. The second-order valence-electron chi connectivity index (χ2n) is 7.39. The fourth-order valence-corrected chi connectivity index (χ4v) is 3.10. The highest BCUT2D eigenvalue weighted by Gasteiger charge is 2.07. The summed E-state index contributed by atoms with van der Waals surface area (Å²) < 4.78 is 4.41. The molecule has 2 nitrogen and oxygen atoms in total. The Morgan fingerprint density at radius 2 is 0.914 bits per heavy atom. The first-order valence-corrected chi connectivity index (χ1v) is 11.1. The molecule has 0 radical (unpaired) electrons. The molecule has 4 heteroatoms. The summed E-state index contributed by atoms with van der Waals surface area (Å²) >= 11 is 0. The van der Waals surface area contributed by atoms with Crippen LogP contribution < -0.4 is 33.9 Å². The molecular formula is C31H34Cl2N2. The summed E-state index contributed by atoms with van der Waals surface area (Å²) in [7, 11) is 0. The summed E-state index contributed by atoms with van der Waals surface area (Å²) in [6, 6.07) is 29.8. The van der Waals surface area contributed by atoms with Crippen molar-refractivity contribution in [3.8, 4) is 11.1 Å². The predicted octanol–water partition coefficient (Wildman–Crippen LogP) is 0.573. The number of halogens is 2. The van der Waals surface area contributed by atoms with Crippen molar-refractivity contribution >= 4 is 0 Å². The van der Waals surface area contributed by atoms with E-state index in [2.05, 4.69) is 138 Å². The van der Waals surface area contributed by atoms with Crippen molar-refractivity contribution in [1.82, 2.24) is 0 Å². The molecule has 4 aromatic rings. The molecule has 2 heterocycles. The van der Waals surface area contributed by atoms with E-state index in [0.29, 0.717) is 0 Å². The van der Waals surface area contributed by atoms with Crippen molar-refractivity contribution in [2.24, 2.45) is 0 Å². The summed E-state index contributed by atoms with van der Waals surface area (Å²) in [6.07, 6.45) is 12.1. The number of nitrogens with zero attached hydrogens (tertiary/aromatic N) is 2. The van der Waals surface area contributed by atoms with Gasteiger partial charge in [-0.1, -0.05) is 73.3 Å². The van der Waals surface area contributed by atoms with Crippen molar-refractivity contribution in [3.63, 3.8) is 0 Å². The van der Waals surface area contributed by atoms with Crippen molar-refractivity contribution in [2.75, 3.05) is 0 Å². The van der Waals surface area contributed by atoms with E-state index in [4.69, 9.17) is 0 Å². The van der Waals surface area contributed by atoms with Gasteiger partial charge in [0.15, 0.2) is 37.9 Å². The molecule has 0 bridgehead atoms. The second kappa shape index (κ2) is 18.9. The lowest BCUT2D eigenvalue weighted by Gasteiger charge is -2.02. The molecular weight excluding hydrogens is 471 g/mol. The smallest absolute Gasteiger partial charge is 0.173 e. The van der Waals surface area contributed by atoms with Crippen LogP contribution in [0.1, 0.15) is 25.0 Å². The fourth-order valence-electron chi connectivity index (χ4n) is 3.10. The van der Waals surface area contributed by atoms with Gasteiger partial charge in [0.25, 0.3) is 0 Å². The maximum absolute atomic E-state index is 3.36. The van der Waals surface area contributed by atoms with Crippen LogP contribution in [0.15, 0.2) is 141 Å². The average Bonchev–Trinajstić information content (AvgIpc) is 2.87. The van der Waals surface area contributed by atoms with Crippen LogP contribution in [-0.4, -0.2) is 0 Å². The van der Waals surface area contributed by atoms with E-state index in [1.165, 1.54) is 22.3 Å². The first kappa shape index (κ1) is 31.6. The van der Waals surface area contributed by atoms with Crippen LogP contribution in [0.4, 0.5) is 0 Å². The van der Waals surface area contributed by atoms with E-state index in [1.54, 1.807) is 12.2 Å². The van der Waals surface area contributed by atoms with Crippen molar-refractivity contribution < 1.29 is 33.9 Å². The molecule has 182 valence electrons. The van der Waals surface area contributed by atoms with Gasteiger partial charge in [0.1, 0.15) is 0 Å². The number of pyridine rings is 2. The van der Waals surface area contributed by atoms with Gasteiger partial charge in [-0.05, 0) is 31.1 Å². The lowest BCUT2D eigenvalue weighted by molar-refractivity contribution is -0.688. The molecule has 2 aromatic carbocycles. The Labute approximate surface area is 223 Å². The normalized spacial score (nSPS) is 8.74. The number of hydrogen-bond donors (Lipinski definition) is 0. The predicted molar refractivity (Wildman–Crippen MR) is 139 cm³/mol. The van der Waals surface area contributed by atoms with Crippen LogP contribution in [0.25, 0.3) is 11.1 Å². The molecule has 0 aliphatic carbocycles. The minimum Gasteiger partial charge on any atom is -1.00 e. The highest BCUT2D eigenvalue weighted by atomic mass is 35.5. The third kappa shape index (κ3) is 12.0. The van der Waals surface area contributed by atoms with Crippen LogP contribution in [0.5, 0.6) is 0 Å². The summed E-state index contributed by atoms with van der Waals surface area (Å²) in [5.41, 5.74) is 7.65. The molecule has 2 aromatic heterocycles. The Kier molecular flexibility index (Phi) is 17.1. The molecule has 4 rings (SSSR count). The van der Waals surface area contributed by atoms with E-state index in [-0.39, 0.29) is 24.8 Å². The highest BCUT2D eigenvalue weighted by molar-refractivity contribution is 5.60.